The molecule has 0 amide bonds. The first kappa shape index (κ1) is 14.1. The van der Waals surface area contributed by atoms with Crippen LogP contribution in [0.1, 0.15) is 36.4 Å². The maximum Gasteiger partial charge on any atom is 0.313 e. The van der Waals surface area contributed by atoms with Gasteiger partial charge in [-0.2, -0.15) is 0 Å². The van der Waals surface area contributed by atoms with E-state index in [2.05, 4.69) is 24.0 Å². The van der Waals surface area contributed by atoms with Crippen molar-refractivity contribution >= 4 is 5.97 Å². The van der Waals surface area contributed by atoms with Gasteiger partial charge in [-0.05, 0) is 45.0 Å². The first-order chi connectivity index (χ1) is 9.03. The van der Waals surface area contributed by atoms with Crippen LogP contribution >= 0.6 is 0 Å². The van der Waals surface area contributed by atoms with Gasteiger partial charge in [-0.3, -0.25) is 4.79 Å². The Morgan fingerprint density at radius 1 is 1.32 bits per heavy atom. The molecule has 0 N–H and O–H groups in total. The predicted octanol–water partition coefficient (Wildman–Crippen LogP) is 2.94. The lowest BCUT2D eigenvalue weighted by atomic mass is 9.61. The van der Waals surface area contributed by atoms with Gasteiger partial charge in [0.05, 0.1) is 18.6 Å². The van der Waals surface area contributed by atoms with Crippen LogP contribution in [0.2, 0.25) is 0 Å². The van der Waals surface area contributed by atoms with Crippen molar-refractivity contribution in [3.63, 3.8) is 0 Å². The molecule has 0 bridgehead atoms. The third-order valence-corrected chi connectivity index (χ3v) is 4.36. The number of rotatable bonds is 4. The first-order valence-corrected chi connectivity index (χ1v) is 6.83. The fourth-order valence-corrected chi connectivity index (χ4v) is 3.31. The zero-order chi connectivity index (χ0) is 14.0. The molecule has 1 aromatic rings. The Balaban J connectivity index is 2.46. The summed E-state index contributed by atoms with van der Waals surface area (Å²) in [4.78, 5) is 14.4. The van der Waals surface area contributed by atoms with Gasteiger partial charge in [0.1, 0.15) is 0 Å². The molecule has 0 saturated heterocycles. The molecule has 1 aliphatic carbocycles. The molecule has 0 spiro atoms. The van der Waals surface area contributed by atoms with Crippen LogP contribution in [0, 0.1) is 12.3 Å². The lowest BCUT2D eigenvalue weighted by molar-refractivity contribution is -0.165. The summed E-state index contributed by atoms with van der Waals surface area (Å²) in [5.41, 5.74) is 2.10. The molecule has 104 valence electrons. The van der Waals surface area contributed by atoms with E-state index in [1.54, 1.807) is 0 Å². The van der Waals surface area contributed by atoms with E-state index < -0.39 is 0 Å². The second-order valence-electron chi connectivity index (χ2n) is 5.72. The summed E-state index contributed by atoms with van der Waals surface area (Å²) in [7, 11) is 5.58. The molecule has 3 nitrogen and oxygen atoms in total. The second kappa shape index (κ2) is 5.33. The number of carbonyl (C=O) groups is 1. The van der Waals surface area contributed by atoms with E-state index in [1.165, 1.54) is 18.2 Å². The zero-order valence-electron chi connectivity index (χ0n) is 12.3. The Kier molecular flexibility index (Phi) is 3.95. The van der Waals surface area contributed by atoms with Crippen molar-refractivity contribution in [2.45, 2.75) is 32.2 Å². The summed E-state index contributed by atoms with van der Waals surface area (Å²) < 4.78 is 5.08. The van der Waals surface area contributed by atoms with Crippen molar-refractivity contribution in [3.05, 3.63) is 35.4 Å². The van der Waals surface area contributed by atoms with Gasteiger partial charge in [-0.25, -0.2) is 0 Å². The number of carbonyl (C=O) groups excluding carboxylic acids is 1. The SMILES string of the molecule is COC(=O)C1(C(c2ccccc2C)N(C)C)CCC1. The number of hydrogen-bond donors (Lipinski definition) is 0. The van der Waals surface area contributed by atoms with Gasteiger partial charge in [0, 0.05) is 0 Å². The summed E-state index contributed by atoms with van der Waals surface area (Å²) in [6.45, 7) is 2.11. The highest BCUT2D eigenvalue weighted by Gasteiger charge is 2.53. The average Bonchev–Trinajstić information content (AvgIpc) is 2.33. The summed E-state index contributed by atoms with van der Waals surface area (Å²) in [5.74, 6) is -0.0688. The van der Waals surface area contributed by atoms with E-state index in [0.29, 0.717) is 0 Å². The number of esters is 1. The van der Waals surface area contributed by atoms with Gasteiger partial charge in [0.15, 0.2) is 0 Å². The van der Waals surface area contributed by atoms with Gasteiger partial charge < -0.3 is 9.64 Å². The quantitative estimate of drug-likeness (QED) is 0.780. The monoisotopic (exact) mass is 261 g/mol. The molecule has 0 aromatic heterocycles. The Labute approximate surface area is 115 Å². The average molecular weight is 261 g/mol. The van der Waals surface area contributed by atoms with Crippen molar-refractivity contribution in [3.8, 4) is 0 Å². The van der Waals surface area contributed by atoms with E-state index >= 15 is 0 Å². The highest BCUT2D eigenvalue weighted by atomic mass is 16.5. The van der Waals surface area contributed by atoms with E-state index in [1.807, 2.05) is 26.2 Å². The van der Waals surface area contributed by atoms with E-state index in [0.717, 1.165) is 19.3 Å². The lowest BCUT2D eigenvalue weighted by Crippen LogP contribution is -2.49. The highest BCUT2D eigenvalue weighted by molar-refractivity contribution is 5.79. The van der Waals surface area contributed by atoms with Crippen molar-refractivity contribution in [1.29, 1.82) is 0 Å². The number of nitrogens with zero attached hydrogens (tertiary/aromatic N) is 1. The molecule has 1 saturated carbocycles. The minimum absolute atomic E-state index is 0.0688. The molecular weight excluding hydrogens is 238 g/mol. The molecule has 1 unspecified atom stereocenters. The second-order valence-corrected chi connectivity index (χ2v) is 5.72. The predicted molar refractivity (Wildman–Crippen MR) is 75.9 cm³/mol. The van der Waals surface area contributed by atoms with Gasteiger partial charge in [-0.1, -0.05) is 30.7 Å². The van der Waals surface area contributed by atoms with Crippen molar-refractivity contribution in [2.24, 2.45) is 5.41 Å². The summed E-state index contributed by atoms with van der Waals surface area (Å²) in [6.07, 6.45) is 2.93. The topological polar surface area (TPSA) is 29.5 Å². The molecule has 1 aliphatic rings. The minimum Gasteiger partial charge on any atom is -0.469 e. The van der Waals surface area contributed by atoms with Crippen LogP contribution < -0.4 is 0 Å². The zero-order valence-corrected chi connectivity index (χ0v) is 12.3. The molecule has 2 rings (SSSR count). The van der Waals surface area contributed by atoms with E-state index in [4.69, 9.17) is 4.74 Å². The molecule has 0 radical (unpaired) electrons. The van der Waals surface area contributed by atoms with Crippen LogP contribution in [0.4, 0.5) is 0 Å². The standard InChI is InChI=1S/C16H23NO2/c1-12-8-5-6-9-13(12)14(17(2)3)16(10-7-11-16)15(18)19-4/h5-6,8-9,14H,7,10-11H2,1-4H3. The number of aryl methyl sites for hydroxylation is 1. The third-order valence-electron chi connectivity index (χ3n) is 4.36. The minimum atomic E-state index is -0.371. The van der Waals surface area contributed by atoms with E-state index in [-0.39, 0.29) is 17.4 Å². The molecule has 0 aliphatic heterocycles. The first-order valence-electron chi connectivity index (χ1n) is 6.83. The van der Waals surface area contributed by atoms with Crippen molar-refractivity contribution in [1.82, 2.24) is 4.90 Å². The van der Waals surface area contributed by atoms with Gasteiger partial charge in [0.25, 0.3) is 0 Å². The molecule has 19 heavy (non-hydrogen) atoms. The molecule has 1 fully saturated rings. The maximum atomic E-state index is 12.3. The van der Waals surface area contributed by atoms with Gasteiger partial charge >= 0.3 is 5.97 Å². The smallest absolute Gasteiger partial charge is 0.313 e. The fourth-order valence-electron chi connectivity index (χ4n) is 3.31. The van der Waals surface area contributed by atoms with Crippen LogP contribution in [0.3, 0.4) is 0 Å². The molecule has 3 heteroatoms. The summed E-state index contributed by atoms with van der Waals surface area (Å²) >= 11 is 0. The Morgan fingerprint density at radius 2 is 1.95 bits per heavy atom. The largest absolute Gasteiger partial charge is 0.469 e. The van der Waals surface area contributed by atoms with Gasteiger partial charge in [-0.15, -0.1) is 0 Å². The number of hydrogen-bond acceptors (Lipinski definition) is 3. The van der Waals surface area contributed by atoms with Crippen LogP contribution in [-0.2, 0) is 9.53 Å². The molecule has 1 atom stereocenters. The lowest BCUT2D eigenvalue weighted by Gasteiger charge is -2.48. The number of methoxy groups -OCH3 is 1. The molecular formula is C16H23NO2. The van der Waals surface area contributed by atoms with Crippen LogP contribution in [0.5, 0.6) is 0 Å². The van der Waals surface area contributed by atoms with Gasteiger partial charge in [0.2, 0.25) is 0 Å². The van der Waals surface area contributed by atoms with Crippen LogP contribution in [0.15, 0.2) is 24.3 Å². The fraction of sp³-hybridized carbons (Fsp3) is 0.562. The molecule has 0 heterocycles. The summed E-state index contributed by atoms with van der Waals surface area (Å²) in [5, 5.41) is 0. The van der Waals surface area contributed by atoms with Crippen LogP contribution in [0.25, 0.3) is 0 Å². The number of benzene rings is 1. The Bertz CT molecular complexity index is 464. The van der Waals surface area contributed by atoms with Crippen LogP contribution in [-0.4, -0.2) is 32.1 Å². The molecule has 1 aromatic carbocycles. The normalized spacial score (nSPS) is 18.8. The van der Waals surface area contributed by atoms with Crippen molar-refractivity contribution in [2.75, 3.05) is 21.2 Å². The third kappa shape index (κ3) is 2.27. The van der Waals surface area contributed by atoms with Crippen molar-refractivity contribution < 1.29 is 9.53 Å². The van der Waals surface area contributed by atoms with E-state index in [9.17, 15) is 4.79 Å². The Hall–Kier alpha value is -1.35. The Morgan fingerprint density at radius 3 is 2.37 bits per heavy atom. The summed E-state index contributed by atoms with van der Waals surface area (Å²) in [6, 6.07) is 8.41. The highest BCUT2D eigenvalue weighted by Crippen LogP contribution is 2.53. The maximum absolute atomic E-state index is 12.3. The number of ether oxygens (including phenoxy) is 1.